The topological polar surface area (TPSA) is 69.9 Å². The summed E-state index contributed by atoms with van der Waals surface area (Å²) in [6.07, 6.45) is -5.50. The lowest BCUT2D eigenvalue weighted by Crippen LogP contribution is -2.57. The summed E-state index contributed by atoms with van der Waals surface area (Å²) >= 11 is 0. The molecule has 0 aromatic rings. The second-order valence-electron chi connectivity index (χ2n) is 3.01. The van der Waals surface area contributed by atoms with Crippen LogP contribution in [-0.2, 0) is 4.74 Å². The van der Waals surface area contributed by atoms with Crippen LogP contribution in [0.15, 0.2) is 0 Å². The standard InChI is InChI=1S/C7H13FO4/c1-3-5(9)7(11)6(10)4(2-8)12-3/h3-7,9-11H,2H2,1H3/t3-,4?,5?,6-,7+/m0/s1. The van der Waals surface area contributed by atoms with Gasteiger partial charge in [-0.1, -0.05) is 0 Å². The van der Waals surface area contributed by atoms with E-state index in [0.29, 0.717) is 0 Å². The van der Waals surface area contributed by atoms with Gasteiger partial charge in [-0.25, -0.2) is 4.39 Å². The molecule has 5 atom stereocenters. The highest BCUT2D eigenvalue weighted by molar-refractivity contribution is 4.90. The van der Waals surface area contributed by atoms with E-state index in [1.54, 1.807) is 0 Å². The van der Waals surface area contributed by atoms with E-state index >= 15 is 0 Å². The van der Waals surface area contributed by atoms with Crippen molar-refractivity contribution in [3.8, 4) is 0 Å². The zero-order valence-corrected chi connectivity index (χ0v) is 6.72. The van der Waals surface area contributed by atoms with Crippen LogP contribution >= 0.6 is 0 Å². The average molecular weight is 180 g/mol. The largest absolute Gasteiger partial charge is 0.388 e. The molecular formula is C7H13FO4. The maximum absolute atomic E-state index is 12.1. The highest BCUT2D eigenvalue weighted by atomic mass is 19.1. The van der Waals surface area contributed by atoms with Gasteiger partial charge in [0.05, 0.1) is 6.10 Å². The van der Waals surface area contributed by atoms with Crippen molar-refractivity contribution in [1.29, 1.82) is 0 Å². The minimum atomic E-state index is -1.35. The van der Waals surface area contributed by atoms with Crippen molar-refractivity contribution >= 4 is 0 Å². The van der Waals surface area contributed by atoms with Crippen molar-refractivity contribution in [2.75, 3.05) is 6.67 Å². The summed E-state index contributed by atoms with van der Waals surface area (Å²) in [4.78, 5) is 0. The van der Waals surface area contributed by atoms with Crippen LogP contribution in [0.25, 0.3) is 0 Å². The number of hydrogen-bond acceptors (Lipinski definition) is 4. The zero-order valence-electron chi connectivity index (χ0n) is 6.72. The quantitative estimate of drug-likeness (QED) is 0.475. The van der Waals surface area contributed by atoms with Gasteiger partial charge in [-0.15, -0.1) is 0 Å². The number of aliphatic hydroxyl groups is 3. The highest BCUT2D eigenvalue weighted by Gasteiger charge is 2.41. The fraction of sp³-hybridized carbons (Fsp3) is 1.00. The summed E-state index contributed by atoms with van der Waals surface area (Å²) in [5.74, 6) is 0. The molecule has 0 aliphatic carbocycles. The molecule has 1 saturated heterocycles. The van der Waals surface area contributed by atoms with Gasteiger partial charge in [-0.3, -0.25) is 0 Å². The Bertz CT molecular complexity index is 150. The molecule has 2 unspecified atom stereocenters. The van der Waals surface area contributed by atoms with Crippen LogP contribution in [0.4, 0.5) is 4.39 Å². The molecule has 0 spiro atoms. The monoisotopic (exact) mass is 180 g/mol. The number of hydrogen-bond donors (Lipinski definition) is 3. The van der Waals surface area contributed by atoms with E-state index in [-0.39, 0.29) is 0 Å². The van der Waals surface area contributed by atoms with E-state index < -0.39 is 37.2 Å². The molecule has 72 valence electrons. The van der Waals surface area contributed by atoms with Gasteiger partial charge >= 0.3 is 0 Å². The third-order valence-corrected chi connectivity index (χ3v) is 2.10. The summed E-state index contributed by atoms with van der Waals surface area (Å²) in [5, 5.41) is 27.5. The molecule has 0 amide bonds. The second-order valence-corrected chi connectivity index (χ2v) is 3.01. The maximum atomic E-state index is 12.1. The van der Waals surface area contributed by atoms with E-state index in [9.17, 15) is 14.6 Å². The van der Waals surface area contributed by atoms with Crippen LogP contribution in [0.3, 0.4) is 0 Å². The second kappa shape index (κ2) is 3.66. The highest BCUT2D eigenvalue weighted by Crippen LogP contribution is 2.20. The van der Waals surface area contributed by atoms with Gasteiger partial charge in [0.2, 0.25) is 0 Å². The maximum Gasteiger partial charge on any atom is 0.118 e. The lowest BCUT2D eigenvalue weighted by molar-refractivity contribution is -0.219. The first kappa shape index (κ1) is 9.85. The fourth-order valence-corrected chi connectivity index (χ4v) is 1.26. The first-order valence-electron chi connectivity index (χ1n) is 3.83. The molecule has 1 aliphatic heterocycles. The average Bonchev–Trinajstić information content (AvgIpc) is 2.08. The molecule has 3 N–H and O–H groups in total. The van der Waals surface area contributed by atoms with Crippen LogP contribution in [0, 0.1) is 0 Å². The Morgan fingerprint density at radius 3 is 2.25 bits per heavy atom. The lowest BCUT2D eigenvalue weighted by Gasteiger charge is -2.38. The Hall–Kier alpha value is -0.230. The smallest absolute Gasteiger partial charge is 0.118 e. The van der Waals surface area contributed by atoms with Crippen LogP contribution in [0.2, 0.25) is 0 Å². The van der Waals surface area contributed by atoms with Gasteiger partial charge in [-0.2, -0.15) is 0 Å². The van der Waals surface area contributed by atoms with Crippen molar-refractivity contribution < 1.29 is 24.4 Å². The zero-order chi connectivity index (χ0) is 9.30. The van der Waals surface area contributed by atoms with Gasteiger partial charge in [0.1, 0.15) is 31.1 Å². The van der Waals surface area contributed by atoms with Crippen molar-refractivity contribution in [2.24, 2.45) is 0 Å². The molecule has 0 aromatic carbocycles. The third kappa shape index (κ3) is 1.59. The minimum Gasteiger partial charge on any atom is -0.388 e. The van der Waals surface area contributed by atoms with Crippen molar-refractivity contribution in [3.63, 3.8) is 0 Å². The van der Waals surface area contributed by atoms with Crippen LogP contribution in [0.1, 0.15) is 6.92 Å². The Morgan fingerprint density at radius 2 is 1.75 bits per heavy atom. The number of ether oxygens (including phenoxy) is 1. The summed E-state index contributed by atoms with van der Waals surface area (Å²) in [6, 6.07) is 0. The van der Waals surface area contributed by atoms with Gasteiger partial charge in [0.25, 0.3) is 0 Å². The minimum absolute atomic E-state index is 0.649. The molecule has 12 heavy (non-hydrogen) atoms. The Balaban J connectivity index is 2.63. The van der Waals surface area contributed by atoms with Gasteiger partial charge in [0, 0.05) is 0 Å². The Kier molecular flexibility index (Phi) is 3.00. The van der Waals surface area contributed by atoms with Gasteiger partial charge in [0.15, 0.2) is 0 Å². The van der Waals surface area contributed by atoms with E-state index in [0.717, 1.165) is 0 Å². The Labute approximate surface area is 69.6 Å². The molecule has 0 saturated carbocycles. The van der Waals surface area contributed by atoms with Gasteiger partial charge < -0.3 is 20.1 Å². The first-order chi connectivity index (χ1) is 5.57. The van der Waals surface area contributed by atoms with Gasteiger partial charge in [-0.05, 0) is 6.92 Å². The Morgan fingerprint density at radius 1 is 1.17 bits per heavy atom. The van der Waals surface area contributed by atoms with Crippen LogP contribution in [0.5, 0.6) is 0 Å². The summed E-state index contributed by atoms with van der Waals surface area (Å²) in [7, 11) is 0. The molecule has 0 bridgehead atoms. The molecular weight excluding hydrogens is 167 g/mol. The summed E-state index contributed by atoms with van der Waals surface area (Å²) in [5.41, 5.74) is 0. The van der Waals surface area contributed by atoms with Crippen LogP contribution < -0.4 is 0 Å². The molecule has 0 aromatic heterocycles. The van der Waals surface area contributed by atoms with Crippen LogP contribution in [-0.4, -0.2) is 52.5 Å². The molecule has 4 nitrogen and oxygen atoms in total. The predicted molar refractivity (Wildman–Crippen MR) is 38.3 cm³/mol. The predicted octanol–water partition coefficient (Wildman–Crippen LogP) is -1.17. The number of halogens is 1. The number of alkyl halides is 1. The van der Waals surface area contributed by atoms with Crippen molar-refractivity contribution in [1.82, 2.24) is 0 Å². The number of rotatable bonds is 1. The van der Waals surface area contributed by atoms with Crippen molar-refractivity contribution in [3.05, 3.63) is 0 Å². The number of aliphatic hydroxyl groups excluding tert-OH is 3. The normalized spacial score (nSPS) is 49.2. The molecule has 5 heteroatoms. The summed E-state index contributed by atoms with van der Waals surface area (Å²) in [6.45, 7) is 0.651. The van der Waals surface area contributed by atoms with E-state index in [2.05, 4.69) is 0 Å². The van der Waals surface area contributed by atoms with Crippen molar-refractivity contribution in [2.45, 2.75) is 37.4 Å². The third-order valence-electron chi connectivity index (χ3n) is 2.10. The molecule has 0 radical (unpaired) electrons. The SMILES string of the molecule is C[C@@H]1OC(CF)[C@H](O)[C@H](O)C1O. The van der Waals surface area contributed by atoms with E-state index in [1.807, 2.05) is 0 Å². The first-order valence-corrected chi connectivity index (χ1v) is 3.83. The van der Waals surface area contributed by atoms with E-state index in [4.69, 9.17) is 9.84 Å². The molecule has 1 rings (SSSR count). The summed E-state index contributed by atoms with van der Waals surface area (Å²) < 4.78 is 17.0. The molecule has 1 fully saturated rings. The molecule has 1 heterocycles. The van der Waals surface area contributed by atoms with E-state index in [1.165, 1.54) is 6.92 Å². The fourth-order valence-electron chi connectivity index (χ4n) is 1.26. The lowest BCUT2D eigenvalue weighted by atomic mass is 9.96. The molecule has 1 aliphatic rings.